The van der Waals surface area contributed by atoms with Gasteiger partial charge in [-0.2, -0.15) is 0 Å². The number of nitrogens with one attached hydrogen (secondary N) is 1. The molecule has 4 heteroatoms. The number of unbranched alkanes of at least 4 members (excludes halogenated alkanes) is 1. The monoisotopic (exact) mass is 274 g/mol. The van der Waals surface area contributed by atoms with Gasteiger partial charge in [-0.3, -0.25) is 4.79 Å². The molecule has 1 aromatic carbocycles. The number of aryl methyl sites for hydroxylation is 1. The van der Waals surface area contributed by atoms with Gasteiger partial charge in [0.1, 0.15) is 0 Å². The molecule has 0 aliphatic carbocycles. The Kier molecular flexibility index (Phi) is 4.68. The Morgan fingerprint density at radius 3 is 2.68 bits per heavy atom. The lowest BCUT2D eigenvalue weighted by molar-refractivity contribution is -0.114. The van der Waals surface area contributed by atoms with E-state index in [9.17, 15) is 4.79 Å². The fourth-order valence-corrected chi connectivity index (χ4v) is 2.60. The summed E-state index contributed by atoms with van der Waals surface area (Å²) >= 11 is 1.45. The van der Waals surface area contributed by atoms with Crippen molar-refractivity contribution in [3.05, 3.63) is 35.2 Å². The van der Waals surface area contributed by atoms with Crippen LogP contribution < -0.4 is 5.32 Å². The maximum Gasteiger partial charge on any atom is 0.223 e. The van der Waals surface area contributed by atoms with E-state index in [-0.39, 0.29) is 5.91 Å². The third-order valence-electron chi connectivity index (χ3n) is 2.86. The van der Waals surface area contributed by atoms with Crippen molar-refractivity contribution >= 4 is 22.4 Å². The number of rotatable bonds is 5. The van der Waals surface area contributed by atoms with Gasteiger partial charge in [-0.05, 0) is 18.4 Å². The van der Waals surface area contributed by atoms with E-state index in [2.05, 4.69) is 41.5 Å². The van der Waals surface area contributed by atoms with Gasteiger partial charge in [-0.15, -0.1) is 11.3 Å². The molecule has 0 saturated carbocycles. The normalized spacial score (nSPS) is 10.4. The van der Waals surface area contributed by atoms with E-state index in [1.54, 1.807) is 0 Å². The quantitative estimate of drug-likeness (QED) is 0.891. The Balaban J connectivity index is 2.09. The van der Waals surface area contributed by atoms with Crippen LogP contribution in [0.4, 0.5) is 5.13 Å². The largest absolute Gasteiger partial charge is 0.302 e. The number of hydrogen-bond acceptors (Lipinski definition) is 3. The molecule has 0 unspecified atom stereocenters. The van der Waals surface area contributed by atoms with Crippen LogP contribution in [0.25, 0.3) is 11.3 Å². The summed E-state index contributed by atoms with van der Waals surface area (Å²) in [7, 11) is 0. The van der Waals surface area contributed by atoms with Crippen LogP contribution in [0.3, 0.4) is 0 Å². The average molecular weight is 274 g/mol. The van der Waals surface area contributed by atoms with Crippen molar-refractivity contribution in [2.45, 2.75) is 33.1 Å². The number of nitrogens with zero attached hydrogens (tertiary/aromatic N) is 1. The van der Waals surface area contributed by atoms with Crippen LogP contribution in [0.1, 0.15) is 32.3 Å². The van der Waals surface area contributed by atoms with Crippen LogP contribution in [0.5, 0.6) is 0 Å². The lowest BCUT2D eigenvalue weighted by atomic mass is 10.1. The predicted octanol–water partition coefficient (Wildman–Crippen LogP) is 4.11. The Morgan fingerprint density at radius 2 is 2.05 bits per heavy atom. The summed E-state index contributed by atoms with van der Waals surface area (Å²) in [6, 6.07) is 8.50. The van der Waals surface area contributed by atoms with Crippen LogP contribution >= 0.6 is 11.3 Å². The molecule has 1 N–H and O–H groups in total. The van der Waals surface area contributed by atoms with Crippen molar-refractivity contribution in [1.82, 2.24) is 4.98 Å². The zero-order chi connectivity index (χ0) is 13.7. The Bertz CT molecular complexity index is 546. The first kappa shape index (κ1) is 13.7. The van der Waals surface area contributed by atoms with Gasteiger partial charge in [-0.25, -0.2) is 4.98 Å². The summed E-state index contributed by atoms with van der Waals surface area (Å²) < 4.78 is 0. The van der Waals surface area contributed by atoms with Gasteiger partial charge in [0.2, 0.25) is 5.91 Å². The van der Waals surface area contributed by atoms with E-state index in [0.29, 0.717) is 5.13 Å². The second-order valence-corrected chi connectivity index (χ2v) is 5.38. The smallest absolute Gasteiger partial charge is 0.223 e. The average Bonchev–Trinajstić information content (AvgIpc) is 2.84. The molecule has 0 bridgehead atoms. The summed E-state index contributed by atoms with van der Waals surface area (Å²) in [5, 5.41) is 5.32. The first-order valence-corrected chi connectivity index (χ1v) is 7.39. The molecule has 2 rings (SSSR count). The lowest BCUT2D eigenvalue weighted by Crippen LogP contribution is -2.04. The number of benzene rings is 1. The summed E-state index contributed by atoms with van der Waals surface area (Å²) in [5.41, 5.74) is 3.37. The van der Waals surface area contributed by atoms with E-state index in [1.165, 1.54) is 36.7 Å². The van der Waals surface area contributed by atoms with Crippen molar-refractivity contribution in [3.8, 4) is 11.3 Å². The molecule has 19 heavy (non-hydrogen) atoms. The third kappa shape index (κ3) is 3.89. The highest BCUT2D eigenvalue weighted by Gasteiger charge is 2.05. The number of thiazole rings is 1. The standard InChI is InChI=1S/C15H18N2OS/c1-3-4-5-12-6-8-13(9-7-12)14-10-19-15(17-14)16-11(2)18/h6-10H,3-5H2,1-2H3,(H,16,17,18). The summed E-state index contributed by atoms with van der Waals surface area (Å²) in [4.78, 5) is 15.4. The maximum atomic E-state index is 11.0. The molecule has 1 heterocycles. The number of amides is 1. The minimum atomic E-state index is -0.0872. The summed E-state index contributed by atoms with van der Waals surface area (Å²) in [6.07, 6.45) is 3.57. The zero-order valence-electron chi connectivity index (χ0n) is 11.3. The van der Waals surface area contributed by atoms with Gasteiger partial charge >= 0.3 is 0 Å². The van der Waals surface area contributed by atoms with Gasteiger partial charge in [0.15, 0.2) is 5.13 Å². The van der Waals surface area contributed by atoms with E-state index in [4.69, 9.17) is 0 Å². The highest BCUT2D eigenvalue weighted by Crippen LogP contribution is 2.25. The highest BCUT2D eigenvalue weighted by atomic mass is 32.1. The van der Waals surface area contributed by atoms with E-state index in [1.807, 2.05) is 5.38 Å². The van der Waals surface area contributed by atoms with Crippen molar-refractivity contribution < 1.29 is 4.79 Å². The van der Waals surface area contributed by atoms with Crippen molar-refractivity contribution in [2.75, 3.05) is 5.32 Å². The first-order chi connectivity index (χ1) is 9.19. The van der Waals surface area contributed by atoms with E-state index in [0.717, 1.165) is 17.7 Å². The molecule has 0 spiro atoms. The SMILES string of the molecule is CCCCc1ccc(-c2csc(NC(C)=O)n2)cc1. The molecule has 0 atom stereocenters. The Hall–Kier alpha value is -1.68. The van der Waals surface area contributed by atoms with Crippen LogP contribution in [0.2, 0.25) is 0 Å². The van der Waals surface area contributed by atoms with E-state index >= 15 is 0 Å². The topological polar surface area (TPSA) is 42.0 Å². The molecule has 3 nitrogen and oxygen atoms in total. The summed E-state index contributed by atoms with van der Waals surface area (Å²) in [5.74, 6) is -0.0872. The van der Waals surface area contributed by atoms with Gasteiger partial charge in [0.05, 0.1) is 5.69 Å². The van der Waals surface area contributed by atoms with Gasteiger partial charge in [0, 0.05) is 17.9 Å². The molecule has 0 saturated heterocycles. The minimum Gasteiger partial charge on any atom is -0.302 e. The first-order valence-electron chi connectivity index (χ1n) is 6.51. The lowest BCUT2D eigenvalue weighted by Gasteiger charge is -2.01. The second-order valence-electron chi connectivity index (χ2n) is 4.52. The fraction of sp³-hybridized carbons (Fsp3) is 0.333. The molecule has 2 aromatic rings. The summed E-state index contributed by atoms with van der Waals surface area (Å²) in [6.45, 7) is 3.69. The fourth-order valence-electron chi connectivity index (χ4n) is 1.84. The molecular weight excluding hydrogens is 256 g/mol. The number of anilines is 1. The van der Waals surface area contributed by atoms with Crippen molar-refractivity contribution in [3.63, 3.8) is 0 Å². The second kappa shape index (κ2) is 6.48. The molecule has 0 aliphatic rings. The molecule has 0 radical (unpaired) electrons. The van der Waals surface area contributed by atoms with Crippen molar-refractivity contribution in [1.29, 1.82) is 0 Å². The predicted molar refractivity (Wildman–Crippen MR) is 80.5 cm³/mol. The van der Waals surface area contributed by atoms with Gasteiger partial charge < -0.3 is 5.32 Å². The number of hydrogen-bond donors (Lipinski definition) is 1. The van der Waals surface area contributed by atoms with E-state index < -0.39 is 0 Å². The molecule has 1 amide bonds. The molecular formula is C15H18N2OS. The molecule has 0 fully saturated rings. The van der Waals surface area contributed by atoms with Crippen LogP contribution in [0, 0.1) is 0 Å². The molecule has 1 aromatic heterocycles. The third-order valence-corrected chi connectivity index (χ3v) is 3.61. The van der Waals surface area contributed by atoms with Crippen molar-refractivity contribution in [2.24, 2.45) is 0 Å². The highest BCUT2D eigenvalue weighted by molar-refractivity contribution is 7.14. The number of carbonyl (C=O) groups excluding carboxylic acids is 1. The molecule has 100 valence electrons. The van der Waals surface area contributed by atoms with Gasteiger partial charge in [-0.1, -0.05) is 37.6 Å². The Labute approximate surface area is 117 Å². The molecule has 0 aliphatic heterocycles. The van der Waals surface area contributed by atoms with Crippen LogP contribution in [-0.4, -0.2) is 10.9 Å². The minimum absolute atomic E-state index is 0.0872. The maximum absolute atomic E-state index is 11.0. The number of carbonyl (C=O) groups is 1. The Morgan fingerprint density at radius 1 is 1.32 bits per heavy atom. The van der Waals surface area contributed by atoms with Crippen LogP contribution in [0.15, 0.2) is 29.6 Å². The van der Waals surface area contributed by atoms with Gasteiger partial charge in [0.25, 0.3) is 0 Å². The zero-order valence-corrected chi connectivity index (χ0v) is 12.1. The number of aromatic nitrogens is 1. The van der Waals surface area contributed by atoms with Crippen LogP contribution in [-0.2, 0) is 11.2 Å².